The van der Waals surface area contributed by atoms with Crippen molar-refractivity contribution in [3.05, 3.63) is 46.3 Å². The van der Waals surface area contributed by atoms with Crippen molar-refractivity contribution in [3.63, 3.8) is 0 Å². The van der Waals surface area contributed by atoms with Crippen LogP contribution in [0.25, 0.3) is 0 Å². The zero-order valence-electron chi connectivity index (χ0n) is 24.4. The number of amidine groups is 1. The van der Waals surface area contributed by atoms with E-state index in [0.29, 0.717) is 48.2 Å². The summed E-state index contributed by atoms with van der Waals surface area (Å²) in [5.41, 5.74) is 1.38. The second-order valence-electron chi connectivity index (χ2n) is 11.5. The number of aromatic nitrogens is 1. The number of rotatable bonds is 8. The molecule has 0 saturated heterocycles. The van der Waals surface area contributed by atoms with Gasteiger partial charge in [-0.3, -0.25) is 9.59 Å². The third-order valence-corrected chi connectivity index (χ3v) is 7.51. The van der Waals surface area contributed by atoms with Gasteiger partial charge in [-0.2, -0.15) is 4.51 Å². The van der Waals surface area contributed by atoms with Crippen LogP contribution in [0.2, 0.25) is 0 Å². The number of carbonyl (C=O) groups excluding carboxylic acids is 2. The monoisotopic (exact) mass is 585 g/mol. The number of benzene rings is 1. The summed E-state index contributed by atoms with van der Waals surface area (Å²) in [5, 5.41) is 12.5. The molecule has 2 aromatic rings. The highest BCUT2D eigenvalue weighted by molar-refractivity contribution is 6.23. The number of amides is 1. The van der Waals surface area contributed by atoms with E-state index in [1.807, 2.05) is 33.8 Å². The lowest BCUT2D eigenvalue weighted by molar-refractivity contribution is -0.142. The molecule has 0 unspecified atom stereocenters. The molecule has 220 valence electrons. The van der Waals surface area contributed by atoms with Crippen LogP contribution in [-0.4, -0.2) is 77.4 Å². The van der Waals surface area contributed by atoms with E-state index in [4.69, 9.17) is 21.3 Å². The fourth-order valence-electron chi connectivity index (χ4n) is 5.05. The summed E-state index contributed by atoms with van der Waals surface area (Å²) in [5.74, 6) is -0.431. The molecule has 0 radical (unpaired) electrons. The molecule has 0 aliphatic carbocycles. The van der Waals surface area contributed by atoms with Gasteiger partial charge in [-0.25, -0.2) is 9.78 Å². The van der Waals surface area contributed by atoms with Crippen molar-refractivity contribution in [2.24, 2.45) is 4.51 Å². The molecule has 11 nitrogen and oxygen atoms in total. The molecule has 0 atom stereocenters. The molecule has 0 bridgehead atoms. The second kappa shape index (κ2) is 11.2. The van der Waals surface area contributed by atoms with E-state index in [-0.39, 0.29) is 35.8 Å². The summed E-state index contributed by atoms with van der Waals surface area (Å²) in [6.45, 7) is 12.4. The van der Waals surface area contributed by atoms with E-state index in [0.717, 1.165) is 11.1 Å². The Morgan fingerprint density at radius 3 is 2.49 bits per heavy atom. The van der Waals surface area contributed by atoms with E-state index in [1.165, 1.54) is 7.05 Å². The van der Waals surface area contributed by atoms with E-state index in [2.05, 4.69) is 14.8 Å². The molecule has 2 N–H and O–H groups in total. The lowest BCUT2D eigenvalue weighted by atomic mass is 9.83. The summed E-state index contributed by atoms with van der Waals surface area (Å²) in [7, 11) is 1.50. The minimum Gasteiger partial charge on any atom is -0.491 e. The molecular weight excluding hydrogens is 550 g/mol. The number of pyridine rings is 1. The maximum Gasteiger partial charge on any atom is 0.328 e. The van der Waals surface area contributed by atoms with Gasteiger partial charge in [-0.15, -0.1) is 0 Å². The first-order valence-electron chi connectivity index (χ1n) is 13.4. The number of carboxylic acids is 1. The SMILES string of the molecule is CCOc1cc2c(nc1C(=O)NC)C(=NCl)N(CC(=O)c1cc3c(c(C(C)(C)C)c1)OCCN3C(C)(C)C(=O)O)C2. The Morgan fingerprint density at radius 1 is 1.20 bits per heavy atom. The standard InChI is InChI=1S/C29H36ClN5O6/c1-8-40-21-13-17-14-34(25(33-30)22(17)32-23(21)26(37)31-7)15-20(36)16-11-18(28(2,3)4)24-19(12-16)35(9-10-41-24)29(5,6)27(38)39/h11-13H,8-10,14-15H2,1-7H3,(H,31,37)(H,38,39). The number of Topliss-reactive ketones (excluding diaryl/α,β-unsaturated/α-hetero) is 1. The van der Waals surface area contributed by atoms with Crippen molar-refractivity contribution >= 4 is 41.0 Å². The topological polar surface area (TPSA) is 134 Å². The minimum absolute atomic E-state index is 0.0766. The maximum atomic E-state index is 13.8. The van der Waals surface area contributed by atoms with Gasteiger partial charge in [0, 0.05) is 42.1 Å². The smallest absolute Gasteiger partial charge is 0.328 e. The Hall–Kier alpha value is -3.86. The molecule has 12 heteroatoms. The van der Waals surface area contributed by atoms with Gasteiger partial charge in [0.1, 0.15) is 23.6 Å². The van der Waals surface area contributed by atoms with Gasteiger partial charge in [0.2, 0.25) is 0 Å². The van der Waals surface area contributed by atoms with Crippen LogP contribution in [0.3, 0.4) is 0 Å². The Kier molecular flexibility index (Phi) is 8.22. The Morgan fingerprint density at radius 2 is 1.90 bits per heavy atom. The number of carboxylic acid groups (broad SMARTS) is 1. The molecule has 0 fully saturated rings. The third kappa shape index (κ3) is 5.55. The molecule has 1 amide bonds. The quantitative estimate of drug-likeness (QED) is 0.444. The summed E-state index contributed by atoms with van der Waals surface area (Å²) >= 11 is 5.99. The largest absolute Gasteiger partial charge is 0.491 e. The maximum absolute atomic E-state index is 13.8. The molecule has 41 heavy (non-hydrogen) atoms. The van der Waals surface area contributed by atoms with Crippen LogP contribution in [-0.2, 0) is 16.8 Å². The first-order valence-corrected chi connectivity index (χ1v) is 13.8. The molecule has 4 rings (SSSR count). The van der Waals surface area contributed by atoms with E-state index in [1.54, 1.807) is 35.8 Å². The average molecular weight is 586 g/mol. The summed E-state index contributed by atoms with van der Waals surface area (Å²) in [6.07, 6.45) is 0. The fourth-order valence-corrected chi connectivity index (χ4v) is 5.24. The highest BCUT2D eigenvalue weighted by atomic mass is 35.5. The van der Waals surface area contributed by atoms with Crippen molar-refractivity contribution in [1.82, 2.24) is 15.2 Å². The van der Waals surface area contributed by atoms with Gasteiger partial charge < -0.3 is 29.7 Å². The van der Waals surface area contributed by atoms with E-state index in [9.17, 15) is 19.5 Å². The molecule has 2 aliphatic rings. The summed E-state index contributed by atoms with van der Waals surface area (Å²) in [6, 6.07) is 5.24. The molecular formula is C29H36ClN5O6. The first-order chi connectivity index (χ1) is 19.2. The van der Waals surface area contributed by atoms with E-state index >= 15 is 0 Å². The average Bonchev–Trinajstić information content (AvgIpc) is 3.26. The number of fused-ring (bicyclic) bond motifs is 2. The highest BCUT2D eigenvalue weighted by Crippen LogP contribution is 2.44. The van der Waals surface area contributed by atoms with Crippen molar-refractivity contribution in [1.29, 1.82) is 0 Å². The summed E-state index contributed by atoms with van der Waals surface area (Å²) < 4.78 is 15.6. The van der Waals surface area contributed by atoms with Crippen molar-refractivity contribution < 1.29 is 29.0 Å². The van der Waals surface area contributed by atoms with Crippen LogP contribution in [0.5, 0.6) is 11.5 Å². The number of halogens is 1. The van der Waals surface area contributed by atoms with Crippen LogP contribution >= 0.6 is 11.8 Å². The predicted octanol–water partition coefficient (Wildman–Crippen LogP) is 3.80. The number of hydrogen-bond donors (Lipinski definition) is 2. The van der Waals surface area contributed by atoms with Crippen molar-refractivity contribution in [2.45, 2.75) is 59.0 Å². The van der Waals surface area contributed by atoms with Gasteiger partial charge in [0.25, 0.3) is 5.91 Å². The summed E-state index contributed by atoms with van der Waals surface area (Å²) in [4.78, 5) is 46.4. The number of ketones is 1. The molecule has 0 saturated carbocycles. The number of anilines is 1. The van der Waals surface area contributed by atoms with E-state index < -0.39 is 17.4 Å². The zero-order valence-corrected chi connectivity index (χ0v) is 25.2. The first kappa shape index (κ1) is 30.1. The van der Waals surface area contributed by atoms with Gasteiger partial charge in [-0.05, 0) is 44.4 Å². The van der Waals surface area contributed by atoms with Crippen LogP contribution in [0, 0.1) is 0 Å². The number of nitrogens with zero attached hydrogens (tertiary/aromatic N) is 4. The van der Waals surface area contributed by atoms with Gasteiger partial charge in [0.15, 0.2) is 23.1 Å². The van der Waals surface area contributed by atoms with Crippen LogP contribution in [0.1, 0.15) is 79.2 Å². The number of aliphatic carboxylic acids is 1. The number of ether oxygens (including phenoxy) is 2. The highest BCUT2D eigenvalue weighted by Gasteiger charge is 2.40. The molecule has 2 aliphatic heterocycles. The molecule has 3 heterocycles. The Bertz CT molecular complexity index is 1430. The normalized spacial score (nSPS) is 15.8. The van der Waals surface area contributed by atoms with Gasteiger partial charge in [0.05, 0.1) is 25.4 Å². The lowest BCUT2D eigenvalue weighted by Gasteiger charge is -2.42. The molecule has 1 aromatic carbocycles. The molecule has 0 spiro atoms. The van der Waals surface area contributed by atoms with Gasteiger partial charge >= 0.3 is 5.97 Å². The Balaban J connectivity index is 1.73. The van der Waals surface area contributed by atoms with Crippen LogP contribution < -0.4 is 19.7 Å². The predicted molar refractivity (Wildman–Crippen MR) is 156 cm³/mol. The zero-order chi connectivity index (χ0) is 30.3. The van der Waals surface area contributed by atoms with Crippen molar-refractivity contribution in [3.8, 4) is 11.5 Å². The molecule has 1 aromatic heterocycles. The number of carbonyl (C=O) groups is 3. The number of hydrogen-bond acceptors (Lipinski definition) is 8. The van der Waals surface area contributed by atoms with Crippen LogP contribution in [0.4, 0.5) is 5.69 Å². The van der Waals surface area contributed by atoms with Crippen molar-refractivity contribution in [2.75, 3.05) is 38.3 Å². The second-order valence-corrected chi connectivity index (χ2v) is 11.7. The number of nitrogens with one attached hydrogen (secondary N) is 1. The fraction of sp³-hybridized carbons (Fsp3) is 0.483. The third-order valence-electron chi connectivity index (χ3n) is 7.35. The Labute approximate surface area is 244 Å². The minimum atomic E-state index is -1.23. The van der Waals surface area contributed by atoms with Crippen LogP contribution in [0.15, 0.2) is 22.7 Å². The lowest BCUT2D eigenvalue weighted by Crippen LogP contribution is -2.53. The van der Waals surface area contributed by atoms with Gasteiger partial charge in [-0.1, -0.05) is 20.8 Å².